The Hall–Kier alpha value is -6.57. The molecule has 368 valence electrons. The molecule has 0 aromatic heterocycles. The number of amides is 3. The number of nitrogens with zero attached hydrogens (tertiary/aromatic N) is 4. The zero-order chi connectivity index (χ0) is 49.7. The summed E-state index contributed by atoms with van der Waals surface area (Å²) in [4.78, 5) is 62.7. The number of nitro benzene ring substituents is 1. The van der Waals surface area contributed by atoms with Crippen molar-refractivity contribution in [3.05, 3.63) is 163 Å². The highest BCUT2D eigenvalue weighted by molar-refractivity contribution is 6.31. The minimum Gasteiger partial charge on any atom is -0.465 e. The second kappa shape index (κ2) is 25.7. The Bertz CT molecular complexity index is 2630. The normalized spacial score (nSPS) is 13.9. The van der Waals surface area contributed by atoms with Crippen LogP contribution >= 0.6 is 35.6 Å². The minimum atomic E-state index is -1.13. The molecule has 0 spiro atoms. The fourth-order valence-corrected chi connectivity index (χ4v) is 7.10. The Morgan fingerprint density at radius 2 is 1.14 bits per heavy atom. The Labute approximate surface area is 408 Å². The number of carbonyl (C=O) groups is 4. The molecule has 1 saturated carbocycles. The summed E-state index contributed by atoms with van der Waals surface area (Å²) in [6.07, 6.45) is 1.51. The average Bonchev–Trinajstić information content (AvgIpc) is 4.00. The van der Waals surface area contributed by atoms with E-state index in [-0.39, 0.29) is 100 Å². The number of hydrogen-bond acceptors (Lipinski definition) is 9. The van der Waals surface area contributed by atoms with Crippen LogP contribution in [0.4, 0.5) is 53.0 Å². The summed E-state index contributed by atoms with van der Waals surface area (Å²) in [6.45, 7) is -0.439. The number of anilines is 2. The lowest BCUT2D eigenvalue weighted by atomic mass is 10.1. The molecule has 13 nitrogen and oxygen atoms in total. The second-order valence-corrected chi connectivity index (χ2v) is 15.9. The van der Waals surface area contributed by atoms with Crippen molar-refractivity contribution in [1.82, 2.24) is 4.90 Å². The number of non-ortho nitro benzene ring substituents is 1. The largest absolute Gasteiger partial charge is 0.465 e. The van der Waals surface area contributed by atoms with E-state index in [1.165, 1.54) is 71.5 Å². The van der Waals surface area contributed by atoms with Crippen LogP contribution in [-0.4, -0.2) is 73.5 Å². The van der Waals surface area contributed by atoms with Gasteiger partial charge in [0.1, 0.15) is 41.4 Å². The maximum Gasteiger partial charge on any atom is 0.420 e. The van der Waals surface area contributed by atoms with Crippen LogP contribution in [-0.2, 0) is 22.6 Å². The predicted molar refractivity (Wildman–Crippen MR) is 247 cm³/mol. The van der Waals surface area contributed by atoms with E-state index < -0.39 is 64.6 Å². The molecule has 1 aliphatic carbocycles. The summed E-state index contributed by atoms with van der Waals surface area (Å²) in [5.74, 6) is -4.34. The van der Waals surface area contributed by atoms with Crippen molar-refractivity contribution in [3.8, 4) is 5.75 Å². The summed E-state index contributed by atoms with van der Waals surface area (Å²) in [6, 6.07) is 18.6. The summed E-state index contributed by atoms with van der Waals surface area (Å²) >= 11 is 11.7. The third-order valence-corrected chi connectivity index (χ3v) is 11.0. The SMILES string of the molecule is COC(=O)c1ccc(CN(C(=O)N2CC[C@H](F)C2)c2ccc(F)c(Cl)c2)c(F)c1.COC(=O)c1ccc(CN(C(=O)Oc2ccc([N+](=O)[O-])cc2)c2ccc(F)c(Cl)c2)c(F)c1.Cl.FC1CCCC1. The number of likely N-dealkylation sites (tertiary alicyclic amines) is 1. The Kier molecular flexibility index (Phi) is 20.5. The molecule has 5 aromatic rings. The molecule has 1 heterocycles. The quantitative estimate of drug-likeness (QED) is 0.0577. The molecular formula is C47H43Cl3F6N4O9. The van der Waals surface area contributed by atoms with Gasteiger partial charge in [0.25, 0.3) is 5.69 Å². The Morgan fingerprint density at radius 1 is 0.667 bits per heavy atom. The molecule has 3 amide bonds. The van der Waals surface area contributed by atoms with Crippen LogP contribution in [0.2, 0.25) is 10.0 Å². The van der Waals surface area contributed by atoms with E-state index in [9.17, 15) is 55.6 Å². The maximum atomic E-state index is 14.6. The van der Waals surface area contributed by atoms with Gasteiger partial charge >= 0.3 is 24.1 Å². The van der Waals surface area contributed by atoms with Gasteiger partial charge in [-0.2, -0.15) is 0 Å². The van der Waals surface area contributed by atoms with Crippen molar-refractivity contribution >= 4 is 76.7 Å². The molecule has 0 radical (unpaired) electrons. The number of benzene rings is 5. The molecular weight excluding hydrogens is 985 g/mol. The molecule has 1 atom stereocenters. The van der Waals surface area contributed by atoms with E-state index >= 15 is 0 Å². The molecule has 2 fully saturated rings. The van der Waals surface area contributed by atoms with Crippen LogP contribution in [0.3, 0.4) is 0 Å². The van der Waals surface area contributed by atoms with Gasteiger partial charge in [-0.15, -0.1) is 12.4 Å². The van der Waals surface area contributed by atoms with Crippen LogP contribution in [0, 0.1) is 33.4 Å². The summed E-state index contributed by atoms with van der Waals surface area (Å²) in [5.41, 5.74) is 0.265. The van der Waals surface area contributed by atoms with Crippen LogP contribution in [0.5, 0.6) is 5.75 Å². The highest BCUT2D eigenvalue weighted by Crippen LogP contribution is 2.30. The Morgan fingerprint density at radius 3 is 1.54 bits per heavy atom. The monoisotopic (exact) mass is 1030 g/mol. The summed E-state index contributed by atoms with van der Waals surface area (Å²) < 4.78 is 96.3. The van der Waals surface area contributed by atoms with Crippen molar-refractivity contribution in [2.24, 2.45) is 0 Å². The number of ether oxygens (including phenoxy) is 3. The number of halogens is 9. The number of carbonyl (C=O) groups excluding carboxylic acids is 4. The van der Waals surface area contributed by atoms with Gasteiger partial charge < -0.3 is 19.1 Å². The van der Waals surface area contributed by atoms with Gasteiger partial charge in [0.2, 0.25) is 0 Å². The van der Waals surface area contributed by atoms with Gasteiger partial charge in [-0.1, -0.05) is 48.2 Å². The number of hydrogen-bond donors (Lipinski definition) is 0. The lowest BCUT2D eigenvalue weighted by molar-refractivity contribution is -0.384. The Balaban J connectivity index is 0.000000265. The topological polar surface area (TPSA) is 149 Å². The van der Waals surface area contributed by atoms with E-state index in [1.54, 1.807) is 0 Å². The van der Waals surface area contributed by atoms with Crippen molar-refractivity contribution in [2.75, 3.05) is 37.1 Å². The predicted octanol–water partition coefficient (Wildman–Crippen LogP) is 12.4. The number of alkyl halides is 2. The highest BCUT2D eigenvalue weighted by atomic mass is 35.5. The van der Waals surface area contributed by atoms with Crippen LogP contribution in [0.1, 0.15) is 63.9 Å². The number of urea groups is 1. The fourth-order valence-electron chi connectivity index (χ4n) is 6.75. The van der Waals surface area contributed by atoms with Crippen LogP contribution < -0.4 is 14.5 Å². The van der Waals surface area contributed by atoms with E-state index in [1.807, 2.05) is 0 Å². The van der Waals surface area contributed by atoms with Crippen molar-refractivity contribution in [3.63, 3.8) is 0 Å². The maximum absolute atomic E-state index is 14.6. The van der Waals surface area contributed by atoms with Gasteiger partial charge in [-0.25, -0.2) is 45.5 Å². The smallest absolute Gasteiger partial charge is 0.420 e. The fraction of sp³-hybridized carbons (Fsp3) is 0.277. The first kappa shape index (κ1) is 55.0. The van der Waals surface area contributed by atoms with E-state index in [0.717, 1.165) is 80.2 Å². The first-order chi connectivity index (χ1) is 32.4. The zero-order valence-electron chi connectivity index (χ0n) is 36.7. The van der Waals surface area contributed by atoms with E-state index in [4.69, 9.17) is 27.9 Å². The van der Waals surface area contributed by atoms with E-state index in [0.29, 0.717) is 0 Å². The van der Waals surface area contributed by atoms with Gasteiger partial charge in [0.05, 0.1) is 59.9 Å². The molecule has 1 aliphatic heterocycles. The molecule has 2 aliphatic rings. The number of rotatable bonds is 10. The minimum absolute atomic E-state index is 0. The molecule has 0 bridgehead atoms. The molecule has 7 rings (SSSR count). The molecule has 5 aromatic carbocycles. The van der Waals surface area contributed by atoms with Crippen molar-refractivity contribution in [1.29, 1.82) is 0 Å². The van der Waals surface area contributed by atoms with Crippen LogP contribution in [0.15, 0.2) is 97.1 Å². The lowest BCUT2D eigenvalue weighted by Crippen LogP contribution is -2.42. The van der Waals surface area contributed by atoms with Gasteiger partial charge in [0.15, 0.2) is 0 Å². The zero-order valence-corrected chi connectivity index (χ0v) is 39.0. The molecule has 0 N–H and O–H groups in total. The van der Waals surface area contributed by atoms with Gasteiger partial charge in [0, 0.05) is 41.2 Å². The van der Waals surface area contributed by atoms with E-state index in [2.05, 4.69) is 9.47 Å². The molecule has 22 heteroatoms. The highest BCUT2D eigenvalue weighted by Gasteiger charge is 2.31. The standard InChI is InChI=1S/C22H15ClF2N2O6.C20H18ClF3N2O3.C5H9F.ClH/c1-32-21(28)13-2-3-14(20(25)10-13)12-26(16-6-9-19(24)18(23)11-16)22(29)33-17-7-4-15(5-8-17)27(30)31;1-29-19(27)12-2-3-13(18(24)8-12)10-26(15-4-5-17(23)16(21)9-15)20(28)25-7-6-14(22)11-25;6-5-3-1-2-4-5;/h2-11H,12H2,1H3;2-5,8-9,14H,6-7,10-11H2,1H3;5H,1-4H2;1H/t;14-;;/m.0../s1. The molecule has 69 heavy (non-hydrogen) atoms. The molecule has 0 unspecified atom stereocenters. The van der Waals surface area contributed by atoms with Crippen LogP contribution in [0.25, 0.3) is 0 Å². The summed E-state index contributed by atoms with van der Waals surface area (Å²) in [7, 11) is 2.34. The first-order valence-electron chi connectivity index (χ1n) is 20.6. The average molecular weight is 1030 g/mol. The number of esters is 2. The second-order valence-electron chi connectivity index (χ2n) is 15.1. The number of methoxy groups -OCH3 is 2. The first-order valence-corrected chi connectivity index (χ1v) is 21.4. The third-order valence-electron chi connectivity index (χ3n) is 10.4. The summed E-state index contributed by atoms with van der Waals surface area (Å²) in [5, 5.41) is 10.3. The lowest BCUT2D eigenvalue weighted by Gasteiger charge is -2.28. The van der Waals surface area contributed by atoms with Crippen molar-refractivity contribution in [2.45, 2.75) is 57.5 Å². The number of nitro groups is 1. The third kappa shape index (κ3) is 15.2. The molecule has 1 saturated heterocycles. The van der Waals surface area contributed by atoms with Gasteiger partial charge in [-0.05, 0) is 92.1 Å². The van der Waals surface area contributed by atoms with Gasteiger partial charge in [-0.3, -0.25) is 19.9 Å². The van der Waals surface area contributed by atoms with Crippen molar-refractivity contribution < 1.29 is 64.7 Å².